The van der Waals surface area contributed by atoms with Crippen LogP contribution in [-0.2, 0) is 0 Å². The number of piperazine rings is 1. The number of oxazole rings is 1. The highest BCUT2D eigenvalue weighted by molar-refractivity contribution is 8.14. The molecule has 6 rings (SSSR count). The van der Waals surface area contributed by atoms with Gasteiger partial charge in [-0.1, -0.05) is 0 Å². The maximum atomic E-state index is 10.1. The number of anilines is 1. The van der Waals surface area contributed by atoms with Crippen LogP contribution in [0.2, 0.25) is 0 Å². The SMILES string of the molecule is Oc1ccc(C2=NCCS2)c2oc(N3CC4CC(C3)N4)nc12. The molecule has 3 fully saturated rings. The average molecular weight is 316 g/mol. The molecule has 114 valence electrons. The Morgan fingerprint density at radius 3 is 2.86 bits per heavy atom. The topological polar surface area (TPSA) is 73.9 Å². The molecule has 2 N–H and O–H groups in total. The molecular weight excluding hydrogens is 300 g/mol. The number of nitrogens with one attached hydrogen (secondary N) is 1. The lowest BCUT2D eigenvalue weighted by Crippen LogP contribution is -2.67. The number of nitrogens with zero attached hydrogens (tertiary/aromatic N) is 3. The summed E-state index contributed by atoms with van der Waals surface area (Å²) in [6.45, 7) is 2.66. The molecule has 2 atom stereocenters. The molecule has 2 unspecified atom stereocenters. The summed E-state index contributed by atoms with van der Waals surface area (Å²) in [7, 11) is 0. The van der Waals surface area contributed by atoms with E-state index in [1.165, 1.54) is 6.42 Å². The van der Waals surface area contributed by atoms with Crippen LogP contribution in [0.1, 0.15) is 12.0 Å². The second-order valence-corrected chi connectivity index (χ2v) is 7.13. The highest BCUT2D eigenvalue weighted by Gasteiger charge is 2.38. The van der Waals surface area contributed by atoms with E-state index in [9.17, 15) is 5.11 Å². The first kappa shape index (κ1) is 12.8. The number of thioether (sulfide) groups is 1. The van der Waals surface area contributed by atoms with Crippen LogP contribution >= 0.6 is 11.8 Å². The molecule has 1 aromatic carbocycles. The first-order valence-electron chi connectivity index (χ1n) is 7.59. The van der Waals surface area contributed by atoms with Crippen LogP contribution in [0.15, 0.2) is 21.5 Å². The highest BCUT2D eigenvalue weighted by Crippen LogP contribution is 2.35. The number of rotatable bonds is 2. The molecule has 0 aliphatic carbocycles. The van der Waals surface area contributed by atoms with Crippen LogP contribution < -0.4 is 10.2 Å². The van der Waals surface area contributed by atoms with Gasteiger partial charge in [-0.3, -0.25) is 4.99 Å². The van der Waals surface area contributed by atoms with Crippen molar-refractivity contribution in [2.24, 2.45) is 4.99 Å². The quantitative estimate of drug-likeness (QED) is 0.876. The number of aromatic hydroxyl groups is 1. The van der Waals surface area contributed by atoms with E-state index in [1.54, 1.807) is 17.8 Å². The Morgan fingerprint density at radius 2 is 2.14 bits per heavy atom. The van der Waals surface area contributed by atoms with Crippen LogP contribution in [0.25, 0.3) is 11.1 Å². The lowest BCUT2D eigenvalue weighted by atomic mass is 9.92. The van der Waals surface area contributed by atoms with Crippen molar-refractivity contribution in [2.75, 3.05) is 30.3 Å². The van der Waals surface area contributed by atoms with E-state index >= 15 is 0 Å². The van der Waals surface area contributed by atoms with Crippen LogP contribution in [0.5, 0.6) is 5.75 Å². The van der Waals surface area contributed by atoms with E-state index in [2.05, 4.69) is 20.2 Å². The number of phenols is 1. The number of phenolic OH excluding ortho intramolecular Hbond substituents is 1. The highest BCUT2D eigenvalue weighted by atomic mass is 32.2. The van der Waals surface area contributed by atoms with Gasteiger partial charge in [0.05, 0.1) is 5.56 Å². The predicted molar refractivity (Wildman–Crippen MR) is 87.1 cm³/mol. The summed E-state index contributed by atoms with van der Waals surface area (Å²) in [5.41, 5.74) is 2.12. The third-order valence-corrected chi connectivity index (χ3v) is 5.53. The number of piperidine rings is 1. The summed E-state index contributed by atoms with van der Waals surface area (Å²) in [6, 6.07) is 5.24. The average Bonchev–Trinajstić information content (AvgIpc) is 3.17. The second-order valence-electron chi connectivity index (χ2n) is 6.04. The molecule has 22 heavy (non-hydrogen) atoms. The Kier molecular flexibility index (Phi) is 2.69. The number of fused-ring (bicyclic) bond motifs is 3. The van der Waals surface area contributed by atoms with Gasteiger partial charge in [-0.2, -0.15) is 4.98 Å². The van der Waals surface area contributed by atoms with Crippen molar-refractivity contribution in [1.29, 1.82) is 0 Å². The van der Waals surface area contributed by atoms with Gasteiger partial charge in [-0.15, -0.1) is 11.8 Å². The van der Waals surface area contributed by atoms with E-state index in [0.717, 1.165) is 36.0 Å². The number of hydrogen-bond donors (Lipinski definition) is 2. The molecule has 4 aliphatic rings. The molecule has 4 aliphatic heterocycles. The maximum absolute atomic E-state index is 10.1. The van der Waals surface area contributed by atoms with Crippen LogP contribution in [0, 0.1) is 0 Å². The molecule has 3 saturated heterocycles. The second kappa shape index (κ2) is 4.63. The predicted octanol–water partition coefficient (Wildman–Crippen LogP) is 1.58. The van der Waals surface area contributed by atoms with Crippen molar-refractivity contribution in [2.45, 2.75) is 18.5 Å². The Labute approximate surface area is 131 Å². The number of benzene rings is 1. The van der Waals surface area contributed by atoms with Gasteiger partial charge in [-0.05, 0) is 18.6 Å². The maximum Gasteiger partial charge on any atom is 0.298 e. The minimum absolute atomic E-state index is 0.164. The van der Waals surface area contributed by atoms with E-state index in [0.29, 0.717) is 29.2 Å². The molecule has 0 amide bonds. The molecule has 0 saturated carbocycles. The van der Waals surface area contributed by atoms with Crippen molar-refractivity contribution >= 4 is 33.9 Å². The monoisotopic (exact) mass is 316 g/mol. The van der Waals surface area contributed by atoms with Gasteiger partial charge in [0.15, 0.2) is 11.1 Å². The van der Waals surface area contributed by atoms with Crippen LogP contribution in [0.3, 0.4) is 0 Å². The zero-order valence-electron chi connectivity index (χ0n) is 12.0. The Bertz CT molecular complexity index is 771. The summed E-state index contributed by atoms with van der Waals surface area (Å²) < 4.78 is 6.03. The van der Waals surface area contributed by atoms with Crippen molar-refractivity contribution in [1.82, 2.24) is 10.3 Å². The van der Waals surface area contributed by atoms with Gasteiger partial charge >= 0.3 is 0 Å². The molecule has 0 spiro atoms. The van der Waals surface area contributed by atoms with Crippen molar-refractivity contribution < 1.29 is 9.52 Å². The summed E-state index contributed by atoms with van der Waals surface area (Å²) in [4.78, 5) is 11.2. The fraction of sp³-hybridized carbons (Fsp3) is 0.467. The minimum Gasteiger partial charge on any atom is -0.506 e. The summed E-state index contributed by atoms with van der Waals surface area (Å²) >= 11 is 1.73. The summed E-state index contributed by atoms with van der Waals surface area (Å²) in [6.07, 6.45) is 1.24. The zero-order valence-corrected chi connectivity index (χ0v) is 12.8. The molecule has 2 bridgehead atoms. The number of aliphatic imine (C=N–C) groups is 1. The number of hydrogen-bond acceptors (Lipinski definition) is 7. The van der Waals surface area contributed by atoms with Crippen molar-refractivity contribution in [3.8, 4) is 5.75 Å². The van der Waals surface area contributed by atoms with E-state index in [4.69, 9.17) is 4.42 Å². The lowest BCUT2D eigenvalue weighted by Gasteiger charge is -2.47. The number of aromatic nitrogens is 1. The molecule has 2 aromatic rings. The first-order valence-corrected chi connectivity index (χ1v) is 8.57. The molecule has 0 radical (unpaired) electrons. The largest absolute Gasteiger partial charge is 0.506 e. The zero-order chi connectivity index (χ0) is 14.7. The van der Waals surface area contributed by atoms with Crippen molar-refractivity contribution in [3.05, 3.63) is 17.7 Å². The Hall–Kier alpha value is -1.73. The van der Waals surface area contributed by atoms with Gasteiger partial charge < -0.3 is 19.7 Å². The third-order valence-electron chi connectivity index (χ3n) is 4.52. The molecule has 5 heterocycles. The molecule has 1 aromatic heterocycles. The van der Waals surface area contributed by atoms with E-state index < -0.39 is 0 Å². The standard InChI is InChI=1S/C15H16N4O2S/c20-11-2-1-10(14-16-3-4-22-14)13-12(11)18-15(21-13)19-6-8-5-9(7-19)17-8/h1-2,8-9,17,20H,3-7H2. The first-order chi connectivity index (χ1) is 10.8. The van der Waals surface area contributed by atoms with Gasteiger partial charge in [0.1, 0.15) is 10.8 Å². The van der Waals surface area contributed by atoms with Gasteiger partial charge in [0, 0.05) is 37.5 Å². The summed E-state index contributed by atoms with van der Waals surface area (Å²) in [5.74, 6) is 1.16. The van der Waals surface area contributed by atoms with E-state index in [-0.39, 0.29) is 5.75 Å². The summed E-state index contributed by atoms with van der Waals surface area (Å²) in [5, 5.41) is 14.6. The minimum atomic E-state index is 0.164. The normalized spacial score (nSPS) is 27.1. The van der Waals surface area contributed by atoms with Crippen molar-refractivity contribution in [3.63, 3.8) is 0 Å². The lowest BCUT2D eigenvalue weighted by molar-refractivity contribution is 0.220. The molecule has 7 heteroatoms. The fourth-order valence-corrected chi connectivity index (χ4v) is 4.33. The fourth-order valence-electron chi connectivity index (χ4n) is 3.45. The molecule has 6 nitrogen and oxygen atoms in total. The van der Waals surface area contributed by atoms with Gasteiger partial charge in [-0.25, -0.2) is 0 Å². The molecular formula is C15H16N4O2S. The third kappa shape index (κ3) is 1.85. The smallest absolute Gasteiger partial charge is 0.298 e. The van der Waals surface area contributed by atoms with Gasteiger partial charge in [0.25, 0.3) is 6.01 Å². The Balaban J connectivity index is 1.59. The van der Waals surface area contributed by atoms with E-state index in [1.807, 2.05) is 6.07 Å². The van der Waals surface area contributed by atoms with Crippen LogP contribution in [0.4, 0.5) is 6.01 Å². The Morgan fingerprint density at radius 1 is 1.32 bits per heavy atom. The van der Waals surface area contributed by atoms with Gasteiger partial charge in [0.2, 0.25) is 0 Å². The van der Waals surface area contributed by atoms with Crippen LogP contribution in [-0.4, -0.2) is 52.6 Å².